The van der Waals surface area contributed by atoms with Crippen molar-refractivity contribution in [3.8, 4) is 0 Å². The molecule has 1 fully saturated rings. The van der Waals surface area contributed by atoms with Gasteiger partial charge in [-0.3, -0.25) is 9.59 Å². The SMILES string of the molecule is C[C@]1(C(O)CO)CC(O)C(=O)C1=O. The molecule has 0 bridgehead atoms. The molecule has 74 valence electrons. The van der Waals surface area contributed by atoms with Crippen LogP contribution in [0, 0.1) is 5.41 Å². The van der Waals surface area contributed by atoms with Crippen molar-refractivity contribution in [2.24, 2.45) is 5.41 Å². The van der Waals surface area contributed by atoms with Gasteiger partial charge in [0.25, 0.3) is 0 Å². The van der Waals surface area contributed by atoms with Gasteiger partial charge in [0.15, 0.2) is 0 Å². The third-order valence-corrected chi connectivity index (χ3v) is 2.57. The maximum Gasteiger partial charge on any atom is 0.227 e. The summed E-state index contributed by atoms with van der Waals surface area (Å²) < 4.78 is 0. The fourth-order valence-corrected chi connectivity index (χ4v) is 1.51. The molecular formula is C8H12O5. The van der Waals surface area contributed by atoms with E-state index in [9.17, 15) is 14.7 Å². The summed E-state index contributed by atoms with van der Waals surface area (Å²) in [7, 11) is 0. The Morgan fingerprint density at radius 1 is 1.62 bits per heavy atom. The van der Waals surface area contributed by atoms with Crippen LogP contribution in [0.15, 0.2) is 0 Å². The van der Waals surface area contributed by atoms with Crippen LogP contribution < -0.4 is 0 Å². The number of carbonyl (C=O) groups is 2. The number of Topliss-reactive ketones (excluding diaryl/α,β-unsaturated/α-hetero) is 2. The highest BCUT2D eigenvalue weighted by molar-refractivity contribution is 6.43. The van der Waals surface area contributed by atoms with E-state index in [1.807, 2.05) is 0 Å². The van der Waals surface area contributed by atoms with Crippen LogP contribution in [0.5, 0.6) is 0 Å². The van der Waals surface area contributed by atoms with Gasteiger partial charge in [-0.05, 0) is 13.3 Å². The lowest BCUT2D eigenvalue weighted by atomic mass is 9.82. The van der Waals surface area contributed by atoms with Gasteiger partial charge in [0, 0.05) is 0 Å². The van der Waals surface area contributed by atoms with E-state index in [0.717, 1.165) is 0 Å². The highest BCUT2D eigenvalue weighted by atomic mass is 16.3. The molecule has 0 saturated heterocycles. The second-order valence-corrected chi connectivity index (χ2v) is 3.53. The first-order chi connectivity index (χ1) is 5.93. The van der Waals surface area contributed by atoms with Crippen molar-refractivity contribution in [1.29, 1.82) is 0 Å². The van der Waals surface area contributed by atoms with Crippen LogP contribution in [-0.2, 0) is 9.59 Å². The number of rotatable bonds is 2. The summed E-state index contributed by atoms with van der Waals surface area (Å²) in [6, 6.07) is 0. The van der Waals surface area contributed by atoms with E-state index in [0.29, 0.717) is 0 Å². The average molecular weight is 188 g/mol. The standard InChI is InChI=1S/C8H12O5/c1-8(5(11)3-9)2-4(10)6(12)7(8)13/h4-5,9-11H,2-3H2,1H3/t4?,5?,8-/m1/s1. The van der Waals surface area contributed by atoms with Gasteiger partial charge in [-0.15, -0.1) is 0 Å². The van der Waals surface area contributed by atoms with Crippen molar-refractivity contribution in [3.05, 3.63) is 0 Å². The predicted molar refractivity (Wildman–Crippen MR) is 41.8 cm³/mol. The summed E-state index contributed by atoms with van der Waals surface area (Å²) >= 11 is 0. The van der Waals surface area contributed by atoms with E-state index in [4.69, 9.17) is 10.2 Å². The fourth-order valence-electron chi connectivity index (χ4n) is 1.51. The highest BCUT2D eigenvalue weighted by Crippen LogP contribution is 2.35. The summed E-state index contributed by atoms with van der Waals surface area (Å²) in [5.74, 6) is -1.68. The smallest absolute Gasteiger partial charge is 0.227 e. The zero-order valence-electron chi connectivity index (χ0n) is 7.23. The lowest BCUT2D eigenvalue weighted by molar-refractivity contribution is -0.143. The van der Waals surface area contributed by atoms with Crippen LogP contribution in [0.3, 0.4) is 0 Å². The topological polar surface area (TPSA) is 94.8 Å². The summed E-state index contributed by atoms with van der Waals surface area (Å²) in [6.45, 7) is 0.770. The third-order valence-electron chi connectivity index (χ3n) is 2.57. The summed E-state index contributed by atoms with van der Waals surface area (Å²) in [5, 5.41) is 27.0. The Balaban J connectivity index is 2.94. The Labute approximate surface area is 75.0 Å². The minimum atomic E-state index is -1.33. The zero-order chi connectivity index (χ0) is 10.2. The molecule has 1 aliphatic rings. The molecule has 3 atom stereocenters. The number of carbonyl (C=O) groups excluding carboxylic acids is 2. The summed E-state index contributed by atoms with van der Waals surface area (Å²) in [6.07, 6.45) is -2.74. The van der Waals surface area contributed by atoms with Crippen LogP contribution in [0.25, 0.3) is 0 Å². The van der Waals surface area contributed by atoms with Gasteiger partial charge in [-0.1, -0.05) is 0 Å². The molecule has 5 nitrogen and oxygen atoms in total. The largest absolute Gasteiger partial charge is 0.394 e. The van der Waals surface area contributed by atoms with Crippen molar-refractivity contribution in [2.45, 2.75) is 25.6 Å². The van der Waals surface area contributed by atoms with Gasteiger partial charge < -0.3 is 15.3 Å². The molecule has 1 aliphatic carbocycles. The quantitative estimate of drug-likeness (QED) is 0.447. The van der Waals surface area contributed by atoms with Crippen LogP contribution in [0.4, 0.5) is 0 Å². The fraction of sp³-hybridized carbons (Fsp3) is 0.750. The molecule has 0 aromatic carbocycles. The van der Waals surface area contributed by atoms with Crippen molar-refractivity contribution in [1.82, 2.24) is 0 Å². The molecule has 0 heterocycles. The maximum absolute atomic E-state index is 11.3. The Morgan fingerprint density at radius 3 is 2.46 bits per heavy atom. The number of ketones is 2. The summed E-state index contributed by atoms with van der Waals surface area (Å²) in [4.78, 5) is 22.2. The van der Waals surface area contributed by atoms with E-state index >= 15 is 0 Å². The Kier molecular flexibility index (Phi) is 2.51. The number of hydrogen-bond acceptors (Lipinski definition) is 5. The monoisotopic (exact) mass is 188 g/mol. The first kappa shape index (κ1) is 10.3. The normalized spacial score (nSPS) is 36.8. The number of hydrogen-bond donors (Lipinski definition) is 3. The van der Waals surface area contributed by atoms with Crippen LogP contribution in [0.1, 0.15) is 13.3 Å². The molecule has 0 spiro atoms. The van der Waals surface area contributed by atoms with Crippen molar-refractivity contribution < 1.29 is 24.9 Å². The molecular weight excluding hydrogens is 176 g/mol. The molecule has 0 amide bonds. The Bertz CT molecular complexity index is 249. The van der Waals surface area contributed by atoms with Crippen molar-refractivity contribution >= 4 is 11.6 Å². The number of aliphatic hydroxyl groups is 3. The number of aliphatic hydroxyl groups excluding tert-OH is 3. The Morgan fingerprint density at radius 2 is 2.15 bits per heavy atom. The van der Waals surface area contributed by atoms with E-state index in [1.165, 1.54) is 6.92 Å². The van der Waals surface area contributed by atoms with Crippen molar-refractivity contribution in [3.63, 3.8) is 0 Å². The minimum absolute atomic E-state index is 0.119. The second-order valence-electron chi connectivity index (χ2n) is 3.53. The zero-order valence-corrected chi connectivity index (χ0v) is 7.23. The minimum Gasteiger partial charge on any atom is -0.394 e. The van der Waals surface area contributed by atoms with E-state index in [2.05, 4.69) is 0 Å². The molecule has 3 N–H and O–H groups in total. The molecule has 0 aliphatic heterocycles. The van der Waals surface area contributed by atoms with Gasteiger partial charge in [0.05, 0.1) is 18.1 Å². The van der Waals surface area contributed by atoms with E-state index < -0.39 is 35.8 Å². The predicted octanol–water partition coefficient (Wildman–Crippen LogP) is -1.75. The van der Waals surface area contributed by atoms with Crippen LogP contribution in [-0.4, -0.2) is 45.7 Å². The van der Waals surface area contributed by atoms with Crippen LogP contribution in [0.2, 0.25) is 0 Å². The lowest BCUT2D eigenvalue weighted by Gasteiger charge is -2.25. The van der Waals surface area contributed by atoms with Gasteiger partial charge >= 0.3 is 0 Å². The highest BCUT2D eigenvalue weighted by Gasteiger charge is 2.52. The first-order valence-electron chi connectivity index (χ1n) is 3.99. The van der Waals surface area contributed by atoms with Gasteiger partial charge in [-0.25, -0.2) is 0 Å². The molecule has 1 saturated carbocycles. The van der Waals surface area contributed by atoms with Crippen molar-refractivity contribution in [2.75, 3.05) is 6.61 Å². The molecule has 13 heavy (non-hydrogen) atoms. The molecule has 5 heteroatoms. The molecule has 0 aromatic rings. The Hall–Kier alpha value is -0.780. The molecule has 0 radical (unpaired) electrons. The van der Waals surface area contributed by atoms with Crippen LogP contribution >= 0.6 is 0 Å². The van der Waals surface area contributed by atoms with Gasteiger partial charge in [-0.2, -0.15) is 0 Å². The molecule has 2 unspecified atom stereocenters. The average Bonchev–Trinajstić information content (AvgIpc) is 2.30. The molecule has 0 aromatic heterocycles. The second kappa shape index (κ2) is 3.17. The third kappa shape index (κ3) is 1.39. The lowest BCUT2D eigenvalue weighted by Crippen LogP contribution is -2.40. The van der Waals surface area contributed by atoms with E-state index in [-0.39, 0.29) is 6.42 Å². The maximum atomic E-state index is 11.3. The summed E-state index contributed by atoms with van der Waals surface area (Å²) in [5.41, 5.74) is -1.33. The van der Waals surface area contributed by atoms with Gasteiger partial charge in [0.1, 0.15) is 6.10 Å². The van der Waals surface area contributed by atoms with Gasteiger partial charge in [0.2, 0.25) is 11.6 Å². The first-order valence-corrected chi connectivity index (χ1v) is 3.99. The molecule has 1 rings (SSSR count). The van der Waals surface area contributed by atoms with E-state index in [1.54, 1.807) is 0 Å².